The van der Waals surface area contributed by atoms with Gasteiger partial charge in [-0.25, -0.2) is 4.79 Å². The highest BCUT2D eigenvalue weighted by molar-refractivity contribution is 6.76. The maximum atomic E-state index is 11.4. The lowest BCUT2D eigenvalue weighted by molar-refractivity contribution is 0.129. The first-order valence-corrected chi connectivity index (χ1v) is 8.94. The van der Waals surface area contributed by atoms with E-state index in [2.05, 4.69) is 26.6 Å². The normalized spacial score (nSPS) is 11.2. The second kappa shape index (κ2) is 6.06. The van der Waals surface area contributed by atoms with Gasteiger partial charge in [-0.05, 0) is 6.42 Å². The summed E-state index contributed by atoms with van der Waals surface area (Å²) in [4.78, 5) is 13.3. The summed E-state index contributed by atoms with van der Waals surface area (Å²) in [6.45, 7) is 9.73. The van der Waals surface area contributed by atoms with Gasteiger partial charge in [0.2, 0.25) is 0 Å². The van der Waals surface area contributed by atoms with Crippen LogP contribution in [0.4, 0.5) is 4.79 Å². The summed E-state index contributed by atoms with van der Waals surface area (Å²) in [5.74, 6) is 0. The molecule has 0 unspecified atom stereocenters. The Kier molecular flexibility index (Phi) is 5.84. The van der Waals surface area contributed by atoms with Crippen molar-refractivity contribution in [1.82, 2.24) is 4.90 Å². The summed E-state index contributed by atoms with van der Waals surface area (Å²) in [5.41, 5.74) is 0. The van der Waals surface area contributed by atoms with Crippen molar-refractivity contribution in [3.05, 3.63) is 0 Å². The van der Waals surface area contributed by atoms with Crippen molar-refractivity contribution >= 4 is 14.2 Å². The SMILES string of the molecule is CCCCN(C[Si](C)(C)C)C(=O)OC. The molecule has 0 bridgehead atoms. The summed E-state index contributed by atoms with van der Waals surface area (Å²) < 4.78 is 4.76. The van der Waals surface area contributed by atoms with E-state index in [-0.39, 0.29) is 6.09 Å². The van der Waals surface area contributed by atoms with Gasteiger partial charge in [0.05, 0.1) is 15.2 Å². The Hall–Kier alpha value is -0.513. The Bertz CT molecular complexity index is 177. The molecule has 0 aliphatic carbocycles. The van der Waals surface area contributed by atoms with E-state index >= 15 is 0 Å². The third-order valence-corrected chi connectivity index (χ3v) is 3.21. The number of unbranched alkanes of at least 4 members (excludes halogenated alkanes) is 1. The van der Waals surface area contributed by atoms with Gasteiger partial charge in [-0.15, -0.1) is 0 Å². The fourth-order valence-corrected chi connectivity index (χ4v) is 2.72. The summed E-state index contributed by atoms with van der Waals surface area (Å²) in [7, 11) is 0.226. The van der Waals surface area contributed by atoms with Gasteiger partial charge in [0.25, 0.3) is 0 Å². The molecule has 3 nitrogen and oxygen atoms in total. The number of amides is 1. The molecule has 0 fully saturated rings. The predicted octanol–water partition coefficient (Wildman–Crippen LogP) is 2.73. The van der Waals surface area contributed by atoms with Gasteiger partial charge in [0.15, 0.2) is 0 Å². The number of hydrogen-bond donors (Lipinski definition) is 0. The zero-order valence-corrected chi connectivity index (χ0v) is 11.1. The second-order valence-corrected chi connectivity index (χ2v) is 10.2. The highest BCUT2D eigenvalue weighted by Crippen LogP contribution is 2.07. The molecule has 14 heavy (non-hydrogen) atoms. The lowest BCUT2D eigenvalue weighted by Crippen LogP contribution is -2.44. The Morgan fingerprint density at radius 1 is 1.36 bits per heavy atom. The molecule has 0 aliphatic heterocycles. The molecule has 0 heterocycles. The standard InChI is InChI=1S/C10H23NO2Si/c1-6-7-8-11(10(12)13-2)9-14(3,4)5/h6-9H2,1-5H3. The van der Waals surface area contributed by atoms with Crippen molar-refractivity contribution < 1.29 is 9.53 Å². The van der Waals surface area contributed by atoms with E-state index in [1.165, 1.54) is 7.11 Å². The topological polar surface area (TPSA) is 29.5 Å². The number of carbonyl (C=O) groups excluding carboxylic acids is 1. The van der Waals surface area contributed by atoms with Crippen LogP contribution in [0.1, 0.15) is 19.8 Å². The lowest BCUT2D eigenvalue weighted by atomic mass is 10.3. The number of hydrogen-bond acceptors (Lipinski definition) is 2. The molecule has 1 amide bonds. The average Bonchev–Trinajstić information content (AvgIpc) is 2.09. The first kappa shape index (κ1) is 13.5. The molecule has 84 valence electrons. The van der Waals surface area contributed by atoms with Crippen molar-refractivity contribution in [3.63, 3.8) is 0 Å². The minimum Gasteiger partial charge on any atom is -0.453 e. The Balaban J connectivity index is 4.18. The summed E-state index contributed by atoms with van der Waals surface area (Å²) in [6, 6.07) is 0. The van der Waals surface area contributed by atoms with Gasteiger partial charge in [-0.2, -0.15) is 0 Å². The van der Waals surface area contributed by atoms with Crippen molar-refractivity contribution in [3.8, 4) is 0 Å². The largest absolute Gasteiger partial charge is 0.453 e. The molecule has 0 aromatic heterocycles. The Labute approximate surface area is 88.4 Å². The van der Waals surface area contributed by atoms with Gasteiger partial charge < -0.3 is 9.64 Å². The molecule has 0 aliphatic rings. The molecule has 4 heteroatoms. The van der Waals surface area contributed by atoms with Crippen LogP contribution in [0.5, 0.6) is 0 Å². The molecule has 0 aromatic carbocycles. The van der Waals surface area contributed by atoms with Crippen molar-refractivity contribution in [1.29, 1.82) is 0 Å². The first-order valence-electron chi connectivity index (χ1n) is 5.23. The summed E-state index contributed by atoms with van der Waals surface area (Å²) in [6.07, 6.45) is 2.87. The zero-order chi connectivity index (χ0) is 11.2. The van der Waals surface area contributed by atoms with E-state index in [4.69, 9.17) is 4.74 Å². The van der Waals surface area contributed by atoms with E-state index in [9.17, 15) is 4.79 Å². The molecule has 0 saturated heterocycles. The van der Waals surface area contributed by atoms with Crippen LogP contribution in [-0.4, -0.2) is 38.9 Å². The maximum absolute atomic E-state index is 11.4. The van der Waals surface area contributed by atoms with E-state index in [1.807, 2.05) is 4.90 Å². The predicted molar refractivity (Wildman–Crippen MR) is 62.2 cm³/mol. The highest BCUT2D eigenvalue weighted by atomic mass is 28.3. The molecule has 0 radical (unpaired) electrons. The number of ether oxygens (including phenoxy) is 1. The van der Waals surface area contributed by atoms with Crippen molar-refractivity contribution in [2.24, 2.45) is 0 Å². The molecule has 0 rings (SSSR count). The Morgan fingerprint density at radius 2 is 1.93 bits per heavy atom. The van der Waals surface area contributed by atoms with Crippen LogP contribution < -0.4 is 0 Å². The van der Waals surface area contributed by atoms with Crippen LogP contribution in [-0.2, 0) is 4.74 Å². The van der Waals surface area contributed by atoms with Crippen LogP contribution in [0.25, 0.3) is 0 Å². The van der Waals surface area contributed by atoms with Gasteiger partial charge >= 0.3 is 6.09 Å². The first-order chi connectivity index (χ1) is 6.40. The van der Waals surface area contributed by atoms with Crippen molar-refractivity contribution in [2.75, 3.05) is 19.8 Å². The van der Waals surface area contributed by atoms with E-state index in [0.717, 1.165) is 25.6 Å². The molecule has 0 saturated carbocycles. The smallest absolute Gasteiger partial charge is 0.409 e. The summed E-state index contributed by atoms with van der Waals surface area (Å²) >= 11 is 0. The molecule has 0 N–H and O–H groups in total. The lowest BCUT2D eigenvalue weighted by Gasteiger charge is -2.27. The van der Waals surface area contributed by atoms with Gasteiger partial charge in [0, 0.05) is 12.7 Å². The monoisotopic (exact) mass is 217 g/mol. The van der Waals surface area contributed by atoms with Gasteiger partial charge in [0.1, 0.15) is 0 Å². The van der Waals surface area contributed by atoms with Crippen LogP contribution in [0.3, 0.4) is 0 Å². The number of nitrogens with zero attached hydrogens (tertiary/aromatic N) is 1. The zero-order valence-electron chi connectivity index (χ0n) is 10.1. The molecular weight excluding hydrogens is 194 g/mol. The van der Waals surface area contributed by atoms with Crippen LogP contribution >= 0.6 is 0 Å². The molecule has 0 spiro atoms. The quantitative estimate of drug-likeness (QED) is 0.663. The second-order valence-electron chi connectivity index (χ2n) is 4.81. The fourth-order valence-electron chi connectivity index (χ4n) is 1.29. The highest BCUT2D eigenvalue weighted by Gasteiger charge is 2.22. The molecule has 0 atom stereocenters. The maximum Gasteiger partial charge on any atom is 0.409 e. The van der Waals surface area contributed by atoms with Crippen LogP contribution in [0.2, 0.25) is 19.6 Å². The number of methoxy groups -OCH3 is 1. The molecule has 0 aromatic rings. The average molecular weight is 217 g/mol. The van der Waals surface area contributed by atoms with Crippen LogP contribution in [0, 0.1) is 0 Å². The Morgan fingerprint density at radius 3 is 2.29 bits per heavy atom. The fraction of sp³-hybridized carbons (Fsp3) is 0.900. The van der Waals surface area contributed by atoms with Crippen molar-refractivity contribution in [2.45, 2.75) is 39.4 Å². The van der Waals surface area contributed by atoms with E-state index in [1.54, 1.807) is 0 Å². The number of rotatable bonds is 5. The van der Waals surface area contributed by atoms with Crippen LogP contribution in [0.15, 0.2) is 0 Å². The molecular formula is C10H23NO2Si. The van der Waals surface area contributed by atoms with E-state index < -0.39 is 8.07 Å². The minimum absolute atomic E-state index is 0.180. The van der Waals surface area contributed by atoms with Gasteiger partial charge in [-0.3, -0.25) is 0 Å². The summed E-state index contributed by atoms with van der Waals surface area (Å²) in [5, 5.41) is 0. The third-order valence-electron chi connectivity index (χ3n) is 1.88. The minimum atomic E-state index is -1.22. The van der Waals surface area contributed by atoms with Gasteiger partial charge in [-0.1, -0.05) is 33.0 Å². The third kappa shape index (κ3) is 6.02. The van der Waals surface area contributed by atoms with E-state index in [0.29, 0.717) is 0 Å². The number of carbonyl (C=O) groups is 1.